The minimum atomic E-state index is -1.25. The number of benzene rings is 2. The van der Waals surface area contributed by atoms with Gasteiger partial charge in [-0.15, -0.1) is 6.58 Å². The second-order valence-electron chi connectivity index (χ2n) is 9.00. The number of carboxylic acids is 1. The normalized spacial score (nSPS) is 25.1. The molecule has 4 atom stereocenters. The number of hydrogen-bond acceptors (Lipinski definition) is 6. The zero-order chi connectivity index (χ0) is 24.6. The van der Waals surface area contributed by atoms with E-state index in [1.165, 1.54) is 0 Å². The Bertz CT molecular complexity index is 1290. The van der Waals surface area contributed by atoms with Crippen molar-refractivity contribution in [2.45, 2.75) is 30.5 Å². The number of fused-ring (bicyclic) bond motifs is 1. The molecule has 8 nitrogen and oxygen atoms in total. The van der Waals surface area contributed by atoms with Gasteiger partial charge in [0.15, 0.2) is 0 Å². The fourth-order valence-corrected chi connectivity index (χ4v) is 4.65. The van der Waals surface area contributed by atoms with E-state index in [0.717, 1.165) is 22.2 Å². The van der Waals surface area contributed by atoms with E-state index >= 15 is 0 Å². The molecule has 1 aromatic heterocycles. The number of carbonyl (C=O) groups excluding carboxylic acids is 1. The average Bonchev–Trinajstić information content (AvgIpc) is 3.40. The molecule has 2 aromatic carbocycles. The van der Waals surface area contributed by atoms with E-state index in [1.807, 2.05) is 54.6 Å². The van der Waals surface area contributed by atoms with Crippen LogP contribution in [0, 0.1) is 5.92 Å². The van der Waals surface area contributed by atoms with Gasteiger partial charge < -0.3 is 25.2 Å². The monoisotopic (exact) mass is 473 g/mol. The van der Waals surface area contributed by atoms with E-state index < -0.39 is 17.6 Å². The van der Waals surface area contributed by atoms with Crippen molar-refractivity contribution in [3.05, 3.63) is 67.3 Å². The standard InChI is InChI=1S/C27H27N3O5/c1-3-17-14-27(17,26(32)33)30-25(31)23-12-19(15-28-23)35-24-13-21(16-7-5-4-6-8-16)29-22-11-18(34-2)9-10-20(22)24/h3-11,13,17,19,23,28H,1,12,14-15H2,2H3,(H,30,31)(H,32,33). The quantitative estimate of drug-likeness (QED) is 0.431. The highest BCUT2D eigenvalue weighted by Gasteiger charge is 2.60. The number of pyridine rings is 1. The van der Waals surface area contributed by atoms with Crippen LogP contribution in [0.25, 0.3) is 22.2 Å². The van der Waals surface area contributed by atoms with Crippen LogP contribution in [-0.2, 0) is 9.59 Å². The molecule has 4 unspecified atom stereocenters. The highest BCUT2D eigenvalue weighted by atomic mass is 16.5. The van der Waals surface area contributed by atoms with Crippen LogP contribution in [0.3, 0.4) is 0 Å². The summed E-state index contributed by atoms with van der Waals surface area (Å²) in [4.78, 5) is 29.3. The van der Waals surface area contributed by atoms with Crippen LogP contribution in [0.5, 0.6) is 11.5 Å². The fraction of sp³-hybridized carbons (Fsp3) is 0.296. The molecule has 1 amide bonds. The number of methoxy groups -OCH3 is 1. The summed E-state index contributed by atoms with van der Waals surface area (Å²) < 4.78 is 11.8. The Balaban J connectivity index is 1.36. The Kier molecular flexibility index (Phi) is 5.90. The highest BCUT2D eigenvalue weighted by Crippen LogP contribution is 2.44. The third-order valence-electron chi connectivity index (χ3n) is 6.78. The predicted molar refractivity (Wildman–Crippen MR) is 131 cm³/mol. The smallest absolute Gasteiger partial charge is 0.330 e. The molecule has 5 rings (SSSR count). The topological polar surface area (TPSA) is 110 Å². The number of nitrogens with one attached hydrogen (secondary N) is 2. The van der Waals surface area contributed by atoms with Gasteiger partial charge in [0, 0.05) is 42.0 Å². The van der Waals surface area contributed by atoms with E-state index in [-0.39, 0.29) is 17.9 Å². The minimum Gasteiger partial charge on any atom is -0.497 e. The Morgan fingerprint density at radius 1 is 1.23 bits per heavy atom. The molecule has 3 N–H and O–H groups in total. The van der Waals surface area contributed by atoms with Gasteiger partial charge in [-0.2, -0.15) is 0 Å². The molecule has 8 heteroatoms. The van der Waals surface area contributed by atoms with Gasteiger partial charge in [-0.3, -0.25) is 4.79 Å². The molecule has 2 fully saturated rings. The Hall–Kier alpha value is -3.91. The van der Waals surface area contributed by atoms with Crippen LogP contribution in [-0.4, -0.2) is 53.3 Å². The Morgan fingerprint density at radius 3 is 2.71 bits per heavy atom. The number of amides is 1. The summed E-state index contributed by atoms with van der Waals surface area (Å²) in [5.74, 6) is -0.259. The van der Waals surface area contributed by atoms with Crippen molar-refractivity contribution in [2.24, 2.45) is 5.92 Å². The predicted octanol–water partition coefficient (Wildman–Crippen LogP) is 3.17. The third kappa shape index (κ3) is 4.33. The van der Waals surface area contributed by atoms with Gasteiger partial charge in [0.05, 0.1) is 24.4 Å². The molecule has 1 aliphatic carbocycles. The zero-order valence-electron chi connectivity index (χ0n) is 19.4. The maximum Gasteiger partial charge on any atom is 0.330 e. The second-order valence-corrected chi connectivity index (χ2v) is 9.00. The summed E-state index contributed by atoms with van der Waals surface area (Å²) in [7, 11) is 1.61. The molecule has 0 radical (unpaired) electrons. The first kappa shape index (κ1) is 22.9. The number of rotatable bonds is 8. The first-order valence-corrected chi connectivity index (χ1v) is 11.6. The van der Waals surface area contributed by atoms with E-state index in [2.05, 4.69) is 17.2 Å². The van der Waals surface area contributed by atoms with Crippen LogP contribution in [0.1, 0.15) is 12.8 Å². The second kappa shape index (κ2) is 9.03. The van der Waals surface area contributed by atoms with E-state index in [0.29, 0.717) is 30.9 Å². The summed E-state index contributed by atoms with van der Waals surface area (Å²) in [5.41, 5.74) is 1.23. The molecule has 1 saturated carbocycles. The van der Waals surface area contributed by atoms with Crippen molar-refractivity contribution in [3.63, 3.8) is 0 Å². The van der Waals surface area contributed by atoms with Crippen molar-refractivity contribution in [1.29, 1.82) is 0 Å². The molecule has 3 aromatic rings. The summed E-state index contributed by atoms with van der Waals surface area (Å²) in [6.45, 7) is 4.13. The van der Waals surface area contributed by atoms with E-state index in [9.17, 15) is 14.7 Å². The van der Waals surface area contributed by atoms with Crippen LogP contribution in [0.4, 0.5) is 0 Å². The summed E-state index contributed by atoms with van der Waals surface area (Å²) >= 11 is 0. The number of aliphatic carboxylic acids is 1. The molecule has 2 heterocycles. The van der Waals surface area contributed by atoms with Crippen LogP contribution in [0.15, 0.2) is 67.3 Å². The Labute approximate surface area is 203 Å². The summed E-state index contributed by atoms with van der Waals surface area (Å²) in [5, 5.41) is 16.3. The van der Waals surface area contributed by atoms with Crippen LogP contribution >= 0.6 is 0 Å². The SMILES string of the molecule is C=CC1CC1(NC(=O)C1CC(Oc2cc(-c3ccccc3)nc3cc(OC)ccc23)CN1)C(=O)O. The molecule has 180 valence electrons. The number of carbonyl (C=O) groups is 2. The van der Waals surface area contributed by atoms with Gasteiger partial charge in [-0.05, 0) is 18.6 Å². The number of hydrogen-bond donors (Lipinski definition) is 3. The molecular formula is C27H27N3O5. The lowest BCUT2D eigenvalue weighted by molar-refractivity contribution is -0.143. The van der Waals surface area contributed by atoms with Crippen molar-refractivity contribution in [1.82, 2.24) is 15.6 Å². The van der Waals surface area contributed by atoms with Crippen LogP contribution < -0.4 is 20.1 Å². The fourth-order valence-electron chi connectivity index (χ4n) is 4.65. The van der Waals surface area contributed by atoms with Crippen molar-refractivity contribution in [3.8, 4) is 22.8 Å². The maximum atomic E-state index is 12.8. The summed E-state index contributed by atoms with van der Waals surface area (Å²) in [6.07, 6.45) is 2.09. The van der Waals surface area contributed by atoms with Gasteiger partial charge >= 0.3 is 5.97 Å². The molecule has 1 aliphatic heterocycles. The van der Waals surface area contributed by atoms with Crippen molar-refractivity contribution >= 4 is 22.8 Å². The van der Waals surface area contributed by atoms with Gasteiger partial charge in [-0.1, -0.05) is 36.4 Å². The molecule has 0 spiro atoms. The lowest BCUT2D eigenvalue weighted by Gasteiger charge is -2.18. The lowest BCUT2D eigenvalue weighted by Crippen LogP contribution is -2.51. The highest BCUT2D eigenvalue weighted by molar-refractivity contribution is 5.93. The molecule has 2 aliphatic rings. The average molecular weight is 474 g/mol. The maximum absolute atomic E-state index is 12.8. The first-order valence-electron chi connectivity index (χ1n) is 11.6. The Morgan fingerprint density at radius 2 is 2.03 bits per heavy atom. The van der Waals surface area contributed by atoms with Gasteiger partial charge in [0.1, 0.15) is 23.1 Å². The third-order valence-corrected chi connectivity index (χ3v) is 6.78. The van der Waals surface area contributed by atoms with E-state index in [1.54, 1.807) is 13.2 Å². The number of aromatic nitrogens is 1. The molecule has 1 saturated heterocycles. The molecular weight excluding hydrogens is 446 g/mol. The van der Waals surface area contributed by atoms with Gasteiger partial charge in [-0.25, -0.2) is 9.78 Å². The molecule has 35 heavy (non-hydrogen) atoms. The lowest BCUT2D eigenvalue weighted by atomic mass is 10.1. The number of ether oxygens (including phenoxy) is 2. The largest absolute Gasteiger partial charge is 0.497 e. The van der Waals surface area contributed by atoms with Gasteiger partial charge in [0.25, 0.3) is 0 Å². The minimum absolute atomic E-state index is 0.256. The van der Waals surface area contributed by atoms with Crippen molar-refractivity contribution in [2.75, 3.05) is 13.7 Å². The van der Waals surface area contributed by atoms with Gasteiger partial charge in [0.2, 0.25) is 5.91 Å². The number of carboxylic acid groups (broad SMARTS) is 1. The first-order chi connectivity index (χ1) is 16.9. The number of nitrogens with zero attached hydrogens (tertiary/aromatic N) is 1. The van der Waals surface area contributed by atoms with Crippen LogP contribution in [0.2, 0.25) is 0 Å². The zero-order valence-corrected chi connectivity index (χ0v) is 19.4. The summed E-state index contributed by atoms with van der Waals surface area (Å²) in [6, 6.07) is 16.9. The molecule has 0 bridgehead atoms. The van der Waals surface area contributed by atoms with Crippen molar-refractivity contribution < 1.29 is 24.2 Å². The van der Waals surface area contributed by atoms with E-state index in [4.69, 9.17) is 14.5 Å².